The second-order valence-electron chi connectivity index (χ2n) is 3.74. The van der Waals surface area contributed by atoms with Gasteiger partial charge in [0.1, 0.15) is 10.9 Å². The van der Waals surface area contributed by atoms with Gasteiger partial charge in [0.05, 0.1) is 26.1 Å². The first-order valence-corrected chi connectivity index (χ1v) is 5.08. The minimum Gasteiger partial charge on any atom is -0.468 e. The summed E-state index contributed by atoms with van der Waals surface area (Å²) in [6.07, 6.45) is 1.62. The first-order chi connectivity index (χ1) is 8.15. The van der Waals surface area contributed by atoms with Crippen LogP contribution in [0.1, 0.15) is 5.76 Å². The Morgan fingerprint density at radius 2 is 2.53 bits per heavy atom. The van der Waals surface area contributed by atoms with Crippen LogP contribution in [0.2, 0.25) is 0 Å². The molecule has 17 heavy (non-hydrogen) atoms. The van der Waals surface area contributed by atoms with Gasteiger partial charge >= 0.3 is 0 Å². The van der Waals surface area contributed by atoms with Gasteiger partial charge in [-0.2, -0.15) is 0 Å². The number of furan rings is 1. The zero-order valence-corrected chi connectivity index (χ0v) is 9.37. The van der Waals surface area contributed by atoms with E-state index in [1.165, 1.54) is 0 Å². The second kappa shape index (κ2) is 4.83. The van der Waals surface area contributed by atoms with E-state index in [1.54, 1.807) is 18.2 Å². The highest BCUT2D eigenvalue weighted by atomic mass is 16.7. The number of rotatable bonds is 3. The molecule has 2 rings (SSSR count). The van der Waals surface area contributed by atoms with Gasteiger partial charge in [0.2, 0.25) is 0 Å². The Bertz CT molecular complexity index is 416. The largest absolute Gasteiger partial charge is 0.468 e. The van der Waals surface area contributed by atoms with Crippen molar-refractivity contribution in [2.75, 3.05) is 20.4 Å². The van der Waals surface area contributed by atoms with Gasteiger partial charge in [-0.25, -0.2) is 10.1 Å². The molecule has 8 nitrogen and oxygen atoms in total. The van der Waals surface area contributed by atoms with Crippen molar-refractivity contribution < 1.29 is 9.45 Å². The quantitative estimate of drug-likeness (QED) is 0.593. The average Bonchev–Trinajstić information content (AvgIpc) is 2.74. The van der Waals surface area contributed by atoms with Gasteiger partial charge in [-0.15, -0.1) is 0 Å². The third-order valence-electron chi connectivity index (χ3n) is 2.37. The van der Waals surface area contributed by atoms with Gasteiger partial charge in [0.25, 0.3) is 5.96 Å². The molecule has 0 radical (unpaired) electrons. The molecule has 2 heterocycles. The van der Waals surface area contributed by atoms with E-state index >= 15 is 0 Å². The highest BCUT2D eigenvalue weighted by molar-refractivity contribution is 5.79. The number of hydrazone groups is 1. The molecule has 1 aromatic heterocycles. The Hall–Kier alpha value is -2.09. The van der Waals surface area contributed by atoms with E-state index in [2.05, 4.69) is 10.4 Å². The standard InChI is InChI=1S/C9H13N5O3/c1-12-7-13(5-8-3-2-4-17-8)6-10-9(12)11-14(15)16/h2-4H,5-7H2,1H3,(H,10,11). The van der Waals surface area contributed by atoms with E-state index in [4.69, 9.17) is 4.42 Å². The van der Waals surface area contributed by atoms with Crippen LogP contribution < -0.4 is 5.32 Å². The van der Waals surface area contributed by atoms with Crippen LogP contribution in [0.25, 0.3) is 0 Å². The van der Waals surface area contributed by atoms with Gasteiger partial charge in [0, 0.05) is 7.05 Å². The fraction of sp³-hybridized carbons (Fsp3) is 0.444. The molecule has 1 fully saturated rings. The fourth-order valence-corrected chi connectivity index (χ4v) is 1.65. The van der Waals surface area contributed by atoms with Crippen LogP contribution in [-0.2, 0) is 6.54 Å². The summed E-state index contributed by atoms with van der Waals surface area (Å²) < 4.78 is 5.24. The lowest BCUT2D eigenvalue weighted by Crippen LogP contribution is -2.55. The van der Waals surface area contributed by atoms with Crippen LogP contribution >= 0.6 is 0 Å². The van der Waals surface area contributed by atoms with Crippen molar-refractivity contribution in [3.63, 3.8) is 0 Å². The van der Waals surface area contributed by atoms with Crippen molar-refractivity contribution in [2.45, 2.75) is 6.54 Å². The van der Waals surface area contributed by atoms with Crippen molar-refractivity contribution in [1.82, 2.24) is 15.1 Å². The van der Waals surface area contributed by atoms with Crippen molar-refractivity contribution >= 4 is 5.96 Å². The molecule has 1 aliphatic heterocycles. The molecule has 0 atom stereocenters. The highest BCUT2D eigenvalue weighted by Gasteiger charge is 2.21. The van der Waals surface area contributed by atoms with Crippen LogP contribution in [0.5, 0.6) is 0 Å². The maximum Gasteiger partial charge on any atom is 0.273 e. The molecule has 0 unspecified atom stereocenters. The van der Waals surface area contributed by atoms with E-state index in [1.807, 2.05) is 17.0 Å². The molecule has 0 spiro atoms. The second-order valence-corrected chi connectivity index (χ2v) is 3.74. The van der Waals surface area contributed by atoms with E-state index < -0.39 is 5.03 Å². The van der Waals surface area contributed by atoms with Crippen molar-refractivity contribution in [3.05, 3.63) is 34.3 Å². The number of nitrogens with one attached hydrogen (secondary N) is 1. The van der Waals surface area contributed by atoms with Crippen LogP contribution in [-0.4, -0.2) is 41.2 Å². The minimum atomic E-state index is -0.707. The molecule has 0 aromatic carbocycles. The molecule has 0 bridgehead atoms. The SMILES string of the molecule is CN1CN(Cc2ccco2)CN/C1=N\[N+](=O)[O-]. The number of nitrogens with zero attached hydrogens (tertiary/aromatic N) is 4. The number of nitro groups is 1. The zero-order valence-electron chi connectivity index (χ0n) is 9.37. The summed E-state index contributed by atoms with van der Waals surface area (Å²) in [7, 11) is 1.74. The maximum absolute atomic E-state index is 10.3. The fourth-order valence-electron chi connectivity index (χ4n) is 1.65. The van der Waals surface area contributed by atoms with Gasteiger partial charge in [-0.3, -0.25) is 4.90 Å². The summed E-state index contributed by atoms with van der Waals surface area (Å²) in [6, 6.07) is 3.72. The van der Waals surface area contributed by atoms with Gasteiger partial charge in [-0.05, 0) is 12.1 Å². The molecule has 0 aliphatic carbocycles. The third-order valence-corrected chi connectivity index (χ3v) is 2.37. The lowest BCUT2D eigenvalue weighted by molar-refractivity contribution is -0.486. The van der Waals surface area contributed by atoms with Gasteiger partial charge in [0.15, 0.2) is 5.03 Å². The topological polar surface area (TPSA) is 87.2 Å². The molecule has 8 heteroatoms. The first kappa shape index (κ1) is 11.4. The van der Waals surface area contributed by atoms with Crippen LogP contribution in [0.15, 0.2) is 27.9 Å². The van der Waals surface area contributed by atoms with Crippen LogP contribution in [0.3, 0.4) is 0 Å². The molecule has 1 aliphatic rings. The summed E-state index contributed by atoms with van der Waals surface area (Å²) in [4.78, 5) is 14.0. The van der Waals surface area contributed by atoms with Crippen molar-refractivity contribution in [3.8, 4) is 0 Å². The van der Waals surface area contributed by atoms with E-state index in [0.717, 1.165) is 5.76 Å². The smallest absolute Gasteiger partial charge is 0.273 e. The predicted molar refractivity (Wildman–Crippen MR) is 59.3 cm³/mol. The van der Waals surface area contributed by atoms with Gasteiger partial charge < -0.3 is 14.6 Å². The minimum absolute atomic E-state index is 0.269. The average molecular weight is 239 g/mol. The molecule has 1 aromatic rings. The summed E-state index contributed by atoms with van der Waals surface area (Å²) in [5, 5.41) is 15.7. The molecule has 0 amide bonds. The van der Waals surface area contributed by atoms with E-state index in [-0.39, 0.29) is 5.96 Å². The van der Waals surface area contributed by atoms with Crippen molar-refractivity contribution in [2.24, 2.45) is 5.10 Å². The third kappa shape index (κ3) is 2.94. The normalized spacial score (nSPS) is 19.4. The number of hydrogen-bond donors (Lipinski definition) is 1. The lowest BCUT2D eigenvalue weighted by atomic mass is 10.4. The Morgan fingerprint density at radius 3 is 3.12 bits per heavy atom. The first-order valence-electron chi connectivity index (χ1n) is 5.08. The number of hydrogen-bond acceptors (Lipinski definition) is 4. The Kier molecular flexibility index (Phi) is 3.24. The summed E-state index contributed by atoms with van der Waals surface area (Å²) >= 11 is 0. The Balaban J connectivity index is 1.93. The lowest BCUT2D eigenvalue weighted by Gasteiger charge is -2.34. The molecule has 1 N–H and O–H groups in total. The number of guanidine groups is 1. The molecule has 0 saturated carbocycles. The summed E-state index contributed by atoms with van der Waals surface area (Å²) in [5.41, 5.74) is 0. The Morgan fingerprint density at radius 1 is 1.71 bits per heavy atom. The summed E-state index contributed by atoms with van der Waals surface area (Å²) in [5.74, 6) is 1.13. The molecular weight excluding hydrogens is 226 g/mol. The van der Waals surface area contributed by atoms with E-state index in [9.17, 15) is 10.1 Å². The zero-order chi connectivity index (χ0) is 12.3. The maximum atomic E-state index is 10.3. The highest BCUT2D eigenvalue weighted by Crippen LogP contribution is 2.07. The van der Waals surface area contributed by atoms with Crippen molar-refractivity contribution in [1.29, 1.82) is 0 Å². The predicted octanol–water partition coefficient (Wildman–Crippen LogP) is 0.0793. The molecule has 92 valence electrons. The monoisotopic (exact) mass is 239 g/mol. The van der Waals surface area contributed by atoms with Crippen LogP contribution in [0, 0.1) is 10.1 Å². The van der Waals surface area contributed by atoms with E-state index in [0.29, 0.717) is 19.9 Å². The Labute approximate surface area is 97.6 Å². The molecule has 1 saturated heterocycles. The summed E-state index contributed by atoms with van der Waals surface area (Å²) in [6.45, 7) is 1.70. The van der Waals surface area contributed by atoms with Gasteiger partial charge in [-0.1, -0.05) is 0 Å². The molecular formula is C9H13N5O3. The van der Waals surface area contributed by atoms with Crippen LogP contribution in [0.4, 0.5) is 0 Å².